The summed E-state index contributed by atoms with van der Waals surface area (Å²) in [5.74, 6) is -0.231. The van der Waals surface area contributed by atoms with Crippen LogP contribution in [0.5, 0.6) is 5.75 Å². The first-order chi connectivity index (χ1) is 20.3. The van der Waals surface area contributed by atoms with Crippen molar-refractivity contribution < 1.29 is 41.7 Å². The van der Waals surface area contributed by atoms with Crippen molar-refractivity contribution in [2.45, 2.75) is 64.4 Å². The van der Waals surface area contributed by atoms with Gasteiger partial charge in [0.05, 0.1) is 12.2 Å². The Morgan fingerprint density at radius 2 is 1.86 bits per heavy atom. The third kappa shape index (κ3) is 7.61. The number of alkyl halides is 3. The van der Waals surface area contributed by atoms with Crippen LogP contribution in [0.15, 0.2) is 36.7 Å². The highest BCUT2D eigenvalue weighted by Crippen LogP contribution is 2.39. The predicted molar refractivity (Wildman–Crippen MR) is 150 cm³/mol. The average Bonchev–Trinajstić information content (AvgIpc) is 2.95. The molecule has 1 aliphatic heterocycles. The number of hydrogen-bond acceptors (Lipinski definition) is 10. The van der Waals surface area contributed by atoms with Gasteiger partial charge in [-0.15, -0.1) is 10.2 Å². The van der Waals surface area contributed by atoms with Gasteiger partial charge in [-0.05, 0) is 64.8 Å². The number of carbonyl (C=O) groups is 2. The number of amides is 1. The fourth-order valence-corrected chi connectivity index (χ4v) is 4.73. The first kappa shape index (κ1) is 31.7. The normalized spacial score (nSPS) is 17.4. The van der Waals surface area contributed by atoms with E-state index in [2.05, 4.69) is 20.5 Å². The van der Waals surface area contributed by atoms with Crippen LogP contribution in [0.2, 0.25) is 0 Å². The number of nitrogens with zero attached hydrogens (tertiary/aromatic N) is 4. The second-order valence-corrected chi connectivity index (χ2v) is 10.9. The largest absolute Gasteiger partial charge is 0.467 e. The van der Waals surface area contributed by atoms with Crippen molar-refractivity contribution in [3.63, 3.8) is 0 Å². The lowest BCUT2D eigenvalue weighted by Gasteiger charge is -2.39. The highest BCUT2D eigenvalue weighted by atomic mass is 19.4. The van der Waals surface area contributed by atoms with E-state index in [9.17, 15) is 22.8 Å². The average molecular weight is 606 g/mol. The van der Waals surface area contributed by atoms with Gasteiger partial charge in [-0.25, -0.2) is 9.59 Å². The third-order valence-electron chi connectivity index (χ3n) is 6.59. The van der Waals surface area contributed by atoms with Crippen LogP contribution in [-0.2, 0) is 25.2 Å². The molecule has 0 bridgehead atoms. The minimum atomic E-state index is -4.57. The molecule has 1 saturated heterocycles. The molecule has 232 valence electrons. The monoisotopic (exact) mass is 605 g/mol. The highest BCUT2D eigenvalue weighted by molar-refractivity contribution is 6.00. The molecule has 1 fully saturated rings. The van der Waals surface area contributed by atoms with Gasteiger partial charge in [-0.1, -0.05) is 0 Å². The number of nitrogens with one attached hydrogen (secondary N) is 1. The minimum absolute atomic E-state index is 0.0740. The fraction of sp³-hybridized carbons (Fsp3) is 0.483. The lowest BCUT2D eigenvalue weighted by Crippen LogP contribution is -2.55. The van der Waals surface area contributed by atoms with Crippen LogP contribution >= 0.6 is 0 Å². The van der Waals surface area contributed by atoms with E-state index in [1.165, 1.54) is 24.3 Å². The predicted octanol–water partition coefficient (Wildman–Crippen LogP) is 5.44. The molecule has 2 aromatic heterocycles. The SMILES string of the molecule is CCOC(=O)[C@@H]1CC[C@@H](Nc2nnc(-c3ccc(C(F)(F)F)cc3OCOC)c3ccncc23)CN1C(=O)OC(C)(C)C. The van der Waals surface area contributed by atoms with E-state index in [0.29, 0.717) is 29.4 Å². The molecule has 0 unspecified atom stereocenters. The van der Waals surface area contributed by atoms with Gasteiger partial charge < -0.3 is 24.3 Å². The zero-order valence-electron chi connectivity index (χ0n) is 24.5. The molecule has 4 rings (SSSR count). The van der Waals surface area contributed by atoms with E-state index in [4.69, 9.17) is 18.9 Å². The number of fused-ring (bicyclic) bond motifs is 1. The zero-order valence-corrected chi connectivity index (χ0v) is 24.5. The summed E-state index contributed by atoms with van der Waals surface area (Å²) in [6.45, 7) is 6.94. The van der Waals surface area contributed by atoms with Gasteiger partial charge in [0.2, 0.25) is 0 Å². The summed E-state index contributed by atoms with van der Waals surface area (Å²) in [6, 6.07) is 3.65. The molecule has 0 radical (unpaired) electrons. The molecule has 3 aromatic rings. The molecule has 3 heterocycles. The number of esters is 1. The molecule has 0 aliphatic carbocycles. The molecule has 14 heteroatoms. The Labute approximate surface area is 246 Å². The van der Waals surface area contributed by atoms with Gasteiger partial charge in [-0.3, -0.25) is 9.88 Å². The lowest BCUT2D eigenvalue weighted by atomic mass is 9.98. The molecule has 2 atom stereocenters. The lowest BCUT2D eigenvalue weighted by molar-refractivity contribution is -0.150. The number of carbonyl (C=O) groups excluding carboxylic acids is 2. The second kappa shape index (κ2) is 13.0. The minimum Gasteiger partial charge on any atom is -0.467 e. The van der Waals surface area contributed by atoms with Crippen molar-refractivity contribution in [3.05, 3.63) is 42.2 Å². The molecule has 0 spiro atoms. The molecule has 1 aromatic carbocycles. The molecule has 1 aliphatic rings. The molecular weight excluding hydrogens is 571 g/mol. The van der Waals surface area contributed by atoms with Crippen LogP contribution in [0.4, 0.5) is 23.8 Å². The molecule has 0 saturated carbocycles. The Bertz CT molecular complexity index is 1460. The van der Waals surface area contributed by atoms with Gasteiger partial charge in [0.15, 0.2) is 12.6 Å². The van der Waals surface area contributed by atoms with Crippen molar-refractivity contribution >= 4 is 28.7 Å². The summed E-state index contributed by atoms with van der Waals surface area (Å²) in [4.78, 5) is 31.3. The van der Waals surface area contributed by atoms with Crippen LogP contribution in [-0.4, -0.2) is 76.9 Å². The van der Waals surface area contributed by atoms with Crippen LogP contribution in [0.3, 0.4) is 0 Å². The fourth-order valence-electron chi connectivity index (χ4n) is 4.73. The number of hydrogen-bond donors (Lipinski definition) is 1. The first-order valence-electron chi connectivity index (χ1n) is 13.7. The van der Waals surface area contributed by atoms with Crippen LogP contribution < -0.4 is 10.1 Å². The molecular formula is C29H34F3N5O6. The Balaban J connectivity index is 1.67. The number of likely N-dealkylation sites (tertiary alicyclic amines) is 1. The molecule has 1 amide bonds. The Hall–Kier alpha value is -4.20. The maximum atomic E-state index is 13.4. The van der Waals surface area contributed by atoms with Gasteiger partial charge in [0.25, 0.3) is 0 Å². The number of piperidine rings is 1. The molecule has 1 N–H and O–H groups in total. The quantitative estimate of drug-likeness (QED) is 0.262. The molecule has 43 heavy (non-hydrogen) atoms. The van der Waals surface area contributed by atoms with E-state index in [0.717, 1.165) is 12.1 Å². The number of halogens is 3. The van der Waals surface area contributed by atoms with E-state index in [-0.39, 0.29) is 43.0 Å². The smallest absolute Gasteiger partial charge is 0.416 e. The van der Waals surface area contributed by atoms with Gasteiger partial charge >= 0.3 is 18.2 Å². The highest BCUT2D eigenvalue weighted by Gasteiger charge is 2.39. The van der Waals surface area contributed by atoms with Crippen molar-refractivity contribution in [2.24, 2.45) is 0 Å². The Morgan fingerprint density at radius 1 is 1.09 bits per heavy atom. The topological polar surface area (TPSA) is 125 Å². The summed E-state index contributed by atoms with van der Waals surface area (Å²) in [6.07, 6.45) is -1.30. The van der Waals surface area contributed by atoms with Crippen molar-refractivity contribution in [1.82, 2.24) is 20.1 Å². The van der Waals surface area contributed by atoms with E-state index in [1.54, 1.807) is 40.0 Å². The second-order valence-electron chi connectivity index (χ2n) is 10.9. The van der Waals surface area contributed by atoms with Crippen LogP contribution in [0, 0.1) is 0 Å². The van der Waals surface area contributed by atoms with Crippen LogP contribution in [0.1, 0.15) is 46.1 Å². The van der Waals surface area contributed by atoms with Gasteiger partial charge in [0, 0.05) is 48.4 Å². The number of methoxy groups -OCH3 is 1. The summed E-state index contributed by atoms with van der Waals surface area (Å²) in [5, 5.41) is 13.1. The van der Waals surface area contributed by atoms with Crippen molar-refractivity contribution in [1.29, 1.82) is 0 Å². The maximum absolute atomic E-state index is 13.4. The Morgan fingerprint density at radius 3 is 2.53 bits per heavy atom. The number of benzene rings is 1. The van der Waals surface area contributed by atoms with Gasteiger partial charge in [0.1, 0.15) is 23.1 Å². The summed E-state index contributed by atoms with van der Waals surface area (Å²) >= 11 is 0. The summed E-state index contributed by atoms with van der Waals surface area (Å²) < 4.78 is 61.4. The number of anilines is 1. The summed E-state index contributed by atoms with van der Waals surface area (Å²) in [5.41, 5.74) is -1.09. The van der Waals surface area contributed by atoms with Crippen LogP contribution in [0.25, 0.3) is 22.0 Å². The molecule has 11 nitrogen and oxygen atoms in total. The van der Waals surface area contributed by atoms with E-state index >= 15 is 0 Å². The number of ether oxygens (including phenoxy) is 4. The standard InChI is InChI=1S/C29H34F3N5O6/c1-6-41-26(38)22-10-8-18(15-37(22)27(39)43-28(2,3)4)34-25-21-14-33-12-11-19(21)24(35-36-25)20-9-7-17(29(30,31)32)13-23(20)42-16-40-5/h7,9,11-14,18,22H,6,8,10,15-16H2,1-5H3,(H,34,36)/t18-,22+/m1/s1. The Kier molecular flexibility index (Phi) is 9.58. The maximum Gasteiger partial charge on any atom is 0.416 e. The first-order valence-corrected chi connectivity index (χ1v) is 13.7. The van der Waals surface area contributed by atoms with Crippen molar-refractivity contribution in [2.75, 3.05) is 32.4 Å². The van der Waals surface area contributed by atoms with Crippen molar-refractivity contribution in [3.8, 4) is 17.0 Å². The third-order valence-corrected chi connectivity index (χ3v) is 6.59. The van der Waals surface area contributed by atoms with E-state index < -0.39 is 35.4 Å². The number of rotatable bonds is 8. The number of aromatic nitrogens is 3. The zero-order chi connectivity index (χ0) is 31.4. The van der Waals surface area contributed by atoms with Gasteiger partial charge in [-0.2, -0.15) is 13.2 Å². The number of pyridine rings is 1. The summed E-state index contributed by atoms with van der Waals surface area (Å²) in [7, 11) is 1.36. The van der Waals surface area contributed by atoms with E-state index in [1.807, 2.05) is 0 Å².